The SMILES string of the molecule is CCCCCc1cc(OCCN(C)C)c2c(c1)OC(C)(C)CC2C1=CCN(Cc2ccc3ccccc3c2)CC1. The van der Waals surface area contributed by atoms with E-state index in [1.54, 1.807) is 5.57 Å². The fraction of sp³-hybridized carbons (Fsp3) is 0.500. The van der Waals surface area contributed by atoms with Crippen molar-refractivity contribution in [3.05, 3.63) is 82.9 Å². The summed E-state index contributed by atoms with van der Waals surface area (Å²) >= 11 is 0. The quantitative estimate of drug-likeness (QED) is 0.182. The van der Waals surface area contributed by atoms with Crippen LogP contribution in [0.25, 0.3) is 10.8 Å². The molecule has 0 saturated heterocycles. The lowest BCUT2D eigenvalue weighted by molar-refractivity contribution is 0.0739. The lowest BCUT2D eigenvalue weighted by atomic mass is 9.77. The monoisotopic (exact) mass is 540 g/mol. The Hall–Kier alpha value is -2.82. The maximum atomic E-state index is 6.66. The highest BCUT2D eigenvalue weighted by Crippen LogP contribution is 2.50. The Labute approximate surface area is 242 Å². The molecule has 0 aromatic heterocycles. The van der Waals surface area contributed by atoms with Gasteiger partial charge in [0.25, 0.3) is 0 Å². The summed E-state index contributed by atoms with van der Waals surface area (Å²) in [5, 5.41) is 2.63. The van der Waals surface area contributed by atoms with Gasteiger partial charge in [-0.05, 0) is 93.7 Å². The Bertz CT molecular complexity index is 1330. The van der Waals surface area contributed by atoms with E-state index in [4.69, 9.17) is 9.47 Å². The molecule has 1 atom stereocenters. The third kappa shape index (κ3) is 7.08. The van der Waals surface area contributed by atoms with Gasteiger partial charge in [-0.3, -0.25) is 4.90 Å². The highest BCUT2D eigenvalue weighted by atomic mass is 16.5. The second-order valence-electron chi connectivity index (χ2n) is 12.7. The molecule has 2 aliphatic heterocycles. The molecular weight excluding hydrogens is 492 g/mol. The van der Waals surface area contributed by atoms with E-state index >= 15 is 0 Å². The zero-order chi connectivity index (χ0) is 28.1. The molecule has 0 amide bonds. The maximum Gasteiger partial charge on any atom is 0.127 e. The molecule has 0 N–H and O–H groups in total. The Morgan fingerprint density at radius 3 is 2.58 bits per heavy atom. The van der Waals surface area contributed by atoms with Crippen LogP contribution in [0.5, 0.6) is 11.5 Å². The highest BCUT2D eigenvalue weighted by molar-refractivity contribution is 5.83. The second-order valence-corrected chi connectivity index (χ2v) is 12.7. The minimum absolute atomic E-state index is 0.205. The molecule has 0 radical (unpaired) electrons. The van der Waals surface area contributed by atoms with Gasteiger partial charge in [0.2, 0.25) is 0 Å². The Balaban J connectivity index is 1.38. The lowest BCUT2D eigenvalue weighted by Gasteiger charge is -2.41. The average molecular weight is 541 g/mol. The van der Waals surface area contributed by atoms with Gasteiger partial charge in [-0.2, -0.15) is 0 Å². The zero-order valence-electron chi connectivity index (χ0n) is 25.3. The van der Waals surface area contributed by atoms with E-state index in [9.17, 15) is 0 Å². The molecule has 0 spiro atoms. The van der Waals surface area contributed by atoms with Crippen LogP contribution in [0.2, 0.25) is 0 Å². The van der Waals surface area contributed by atoms with Crippen LogP contribution in [0.4, 0.5) is 0 Å². The highest BCUT2D eigenvalue weighted by Gasteiger charge is 2.38. The summed E-state index contributed by atoms with van der Waals surface area (Å²) in [6.45, 7) is 11.4. The van der Waals surface area contributed by atoms with Crippen LogP contribution in [0.15, 0.2) is 66.2 Å². The van der Waals surface area contributed by atoms with Crippen molar-refractivity contribution in [2.24, 2.45) is 0 Å². The molecule has 1 unspecified atom stereocenters. The molecule has 4 nitrogen and oxygen atoms in total. The standard InChI is InChI=1S/C36H48N2O2/c1-6-7-8-11-27-23-33(39-21-20-37(4)5)35-32(25-36(2,3)40-34(35)24-27)30-16-18-38(19-17-30)26-28-14-15-29-12-9-10-13-31(29)22-28/h9-10,12-16,22-24,32H,6-8,11,17-21,25-26H2,1-5H3. The first-order chi connectivity index (χ1) is 19.3. The number of benzene rings is 3. The number of aryl methyl sites for hydroxylation is 1. The van der Waals surface area contributed by atoms with E-state index in [1.165, 1.54) is 46.7 Å². The number of nitrogens with zero attached hydrogens (tertiary/aromatic N) is 2. The molecule has 3 aromatic carbocycles. The van der Waals surface area contributed by atoms with Gasteiger partial charge >= 0.3 is 0 Å². The molecule has 0 aliphatic carbocycles. The van der Waals surface area contributed by atoms with Crippen molar-refractivity contribution >= 4 is 10.8 Å². The number of likely N-dealkylation sites (N-methyl/N-ethyl adjacent to an activating group) is 1. The predicted molar refractivity (Wildman–Crippen MR) is 168 cm³/mol. The number of ether oxygens (including phenoxy) is 2. The van der Waals surface area contributed by atoms with Gasteiger partial charge in [0.15, 0.2) is 0 Å². The van der Waals surface area contributed by atoms with Gasteiger partial charge in [0.05, 0.1) is 0 Å². The van der Waals surface area contributed by atoms with Crippen molar-refractivity contribution in [1.82, 2.24) is 9.80 Å². The molecule has 214 valence electrons. The fourth-order valence-electron chi connectivity index (χ4n) is 6.30. The predicted octanol–water partition coefficient (Wildman–Crippen LogP) is 7.99. The Morgan fingerprint density at radius 1 is 1.00 bits per heavy atom. The zero-order valence-corrected chi connectivity index (χ0v) is 25.3. The number of rotatable bonds is 11. The fourth-order valence-corrected chi connectivity index (χ4v) is 6.30. The van der Waals surface area contributed by atoms with E-state index in [1.807, 2.05) is 0 Å². The summed E-state index contributed by atoms with van der Waals surface area (Å²) in [6, 6.07) is 20.2. The van der Waals surface area contributed by atoms with Crippen LogP contribution in [0.3, 0.4) is 0 Å². The number of unbranched alkanes of at least 4 members (excludes halogenated alkanes) is 2. The van der Waals surface area contributed by atoms with Gasteiger partial charge in [-0.1, -0.05) is 67.8 Å². The van der Waals surface area contributed by atoms with Crippen molar-refractivity contribution in [1.29, 1.82) is 0 Å². The lowest BCUT2D eigenvalue weighted by Crippen LogP contribution is -2.37. The molecular formula is C36H48N2O2. The summed E-state index contributed by atoms with van der Waals surface area (Å²) in [7, 11) is 4.20. The van der Waals surface area contributed by atoms with Crippen molar-refractivity contribution in [3.63, 3.8) is 0 Å². The summed E-state index contributed by atoms with van der Waals surface area (Å²) in [5.74, 6) is 2.40. The molecule has 0 bridgehead atoms. The first-order valence-electron chi connectivity index (χ1n) is 15.3. The minimum atomic E-state index is -0.205. The summed E-state index contributed by atoms with van der Waals surface area (Å²) in [4.78, 5) is 4.76. The third-order valence-electron chi connectivity index (χ3n) is 8.46. The number of hydrogen-bond acceptors (Lipinski definition) is 4. The topological polar surface area (TPSA) is 24.9 Å². The van der Waals surface area contributed by atoms with Gasteiger partial charge in [-0.15, -0.1) is 0 Å². The summed E-state index contributed by atoms with van der Waals surface area (Å²) in [5.41, 5.74) is 5.34. The summed E-state index contributed by atoms with van der Waals surface area (Å²) < 4.78 is 13.2. The van der Waals surface area contributed by atoms with E-state index in [0.717, 1.165) is 56.9 Å². The van der Waals surface area contributed by atoms with Crippen molar-refractivity contribution in [3.8, 4) is 11.5 Å². The van der Waals surface area contributed by atoms with Crippen molar-refractivity contribution in [2.75, 3.05) is 40.3 Å². The van der Waals surface area contributed by atoms with E-state index in [2.05, 4.69) is 105 Å². The average Bonchev–Trinajstić information content (AvgIpc) is 2.92. The molecule has 0 saturated carbocycles. The smallest absolute Gasteiger partial charge is 0.127 e. The second kappa shape index (κ2) is 12.8. The Morgan fingerprint density at radius 2 is 1.82 bits per heavy atom. The first kappa shape index (κ1) is 28.7. The molecule has 4 heteroatoms. The van der Waals surface area contributed by atoms with Crippen LogP contribution in [0.1, 0.15) is 75.5 Å². The van der Waals surface area contributed by atoms with Crippen LogP contribution in [0, 0.1) is 0 Å². The first-order valence-corrected chi connectivity index (χ1v) is 15.3. The molecule has 2 aliphatic rings. The van der Waals surface area contributed by atoms with E-state index < -0.39 is 0 Å². The van der Waals surface area contributed by atoms with Crippen LogP contribution in [-0.2, 0) is 13.0 Å². The van der Waals surface area contributed by atoms with Crippen LogP contribution < -0.4 is 9.47 Å². The minimum Gasteiger partial charge on any atom is -0.492 e. The molecule has 2 heterocycles. The largest absolute Gasteiger partial charge is 0.492 e. The van der Waals surface area contributed by atoms with Crippen LogP contribution in [-0.4, -0.2) is 55.7 Å². The van der Waals surface area contributed by atoms with Crippen molar-refractivity contribution in [2.45, 2.75) is 77.4 Å². The van der Waals surface area contributed by atoms with Crippen molar-refractivity contribution < 1.29 is 9.47 Å². The van der Waals surface area contributed by atoms with Gasteiger partial charge in [-0.25, -0.2) is 0 Å². The maximum absolute atomic E-state index is 6.66. The van der Waals surface area contributed by atoms with E-state index in [-0.39, 0.29) is 5.60 Å². The summed E-state index contributed by atoms with van der Waals surface area (Å²) in [6.07, 6.45) is 9.34. The number of fused-ring (bicyclic) bond motifs is 2. The van der Waals surface area contributed by atoms with Gasteiger partial charge < -0.3 is 14.4 Å². The van der Waals surface area contributed by atoms with Gasteiger partial charge in [0, 0.05) is 37.7 Å². The molecule has 5 rings (SSSR count). The third-order valence-corrected chi connectivity index (χ3v) is 8.46. The molecule has 40 heavy (non-hydrogen) atoms. The Kier molecular flexibility index (Phi) is 9.17. The van der Waals surface area contributed by atoms with Crippen LogP contribution >= 0.6 is 0 Å². The molecule has 0 fully saturated rings. The number of hydrogen-bond donors (Lipinski definition) is 0. The van der Waals surface area contributed by atoms with E-state index in [0.29, 0.717) is 12.5 Å². The van der Waals surface area contributed by atoms with Gasteiger partial charge in [0.1, 0.15) is 23.7 Å². The molecule has 3 aromatic rings. The normalized spacial score (nSPS) is 18.9.